The summed E-state index contributed by atoms with van der Waals surface area (Å²) in [6.45, 7) is 18.9. The number of rotatable bonds is 46. The fourth-order valence-corrected chi connectivity index (χ4v) is 15.0. The Morgan fingerprint density at radius 1 is 0.331 bits per heavy atom. The van der Waals surface area contributed by atoms with Crippen LogP contribution in [0.3, 0.4) is 0 Å². The first kappa shape index (κ1) is 96.1. The lowest BCUT2D eigenvalue weighted by Crippen LogP contribution is -2.32. The molecule has 7 aromatic carbocycles. The van der Waals surface area contributed by atoms with E-state index >= 15 is 0 Å². The molecule has 0 fully saturated rings. The Bertz CT molecular complexity index is 5140. The normalized spacial score (nSPS) is 11.9. The van der Waals surface area contributed by atoms with E-state index in [4.69, 9.17) is 49.0 Å². The van der Waals surface area contributed by atoms with Crippen molar-refractivity contribution in [1.82, 2.24) is 29.3 Å². The molecule has 3 unspecified atom stereocenters. The highest BCUT2D eigenvalue weighted by atomic mass is 35.5. The van der Waals surface area contributed by atoms with Gasteiger partial charge in [0.25, 0.3) is 17.7 Å². The Kier molecular flexibility index (Phi) is 39.8. The second-order valence-electron chi connectivity index (χ2n) is 31.7. The molecule has 0 aliphatic carbocycles. The van der Waals surface area contributed by atoms with Gasteiger partial charge in [0.2, 0.25) is 0 Å². The summed E-state index contributed by atoms with van der Waals surface area (Å²) in [7, 11) is 0. The Morgan fingerprint density at radius 3 is 0.975 bits per heavy atom. The van der Waals surface area contributed by atoms with Crippen molar-refractivity contribution in [2.45, 2.75) is 267 Å². The van der Waals surface area contributed by atoms with Crippen LogP contribution in [0.1, 0.15) is 291 Å². The van der Waals surface area contributed by atoms with Crippen molar-refractivity contribution >= 4 is 138 Å². The number of amides is 3. The van der Waals surface area contributed by atoms with Crippen molar-refractivity contribution in [2.75, 3.05) is 29.2 Å². The van der Waals surface area contributed by atoms with Gasteiger partial charge in [-0.3, -0.25) is 28.8 Å². The molecule has 10 rings (SSSR count). The van der Waals surface area contributed by atoms with Crippen molar-refractivity contribution in [1.29, 1.82) is 0 Å². The first-order chi connectivity index (χ1) is 58.3. The summed E-state index contributed by atoms with van der Waals surface area (Å²) in [6.07, 6.45) is 40.3. The zero-order chi connectivity index (χ0) is 87.3. The number of halogens is 3. The van der Waals surface area contributed by atoms with Crippen molar-refractivity contribution in [3.8, 4) is 5.75 Å². The quantitative estimate of drug-likeness (QED) is 0.0138. The average Bonchev–Trinajstić information content (AvgIpc) is 1.71. The third-order valence-corrected chi connectivity index (χ3v) is 22.3. The van der Waals surface area contributed by atoms with Gasteiger partial charge in [-0.15, -0.1) is 0 Å². The lowest BCUT2D eigenvalue weighted by Gasteiger charge is -2.17. The van der Waals surface area contributed by atoms with Crippen LogP contribution in [0.5, 0.6) is 5.75 Å². The minimum Gasteiger partial charge on any atom is -0.462 e. The number of Topliss-reactive ketones (excluding diaryl/α,β-unsaturated/α-hetero) is 3. The van der Waals surface area contributed by atoms with Crippen LogP contribution in [0.15, 0.2) is 146 Å². The topological polar surface area (TPSA) is 271 Å². The van der Waals surface area contributed by atoms with Gasteiger partial charge in [-0.1, -0.05) is 269 Å². The maximum Gasteiger partial charge on any atom is 0.343 e. The predicted molar refractivity (Wildman–Crippen MR) is 485 cm³/mol. The number of ketones is 3. The highest BCUT2D eigenvalue weighted by Crippen LogP contribution is 2.32. The van der Waals surface area contributed by atoms with Crippen LogP contribution in [0.25, 0.3) is 32.7 Å². The molecular weight excluding hydrogens is 1590 g/mol. The molecule has 0 saturated carbocycles. The summed E-state index contributed by atoms with van der Waals surface area (Å²) >= 11 is 19.0. The second-order valence-corrected chi connectivity index (χ2v) is 32.9. The molecule has 3 heterocycles. The highest BCUT2D eigenvalue weighted by Gasteiger charge is 2.32. The number of hydrogen-bond donors (Lipinski definition) is 3. The number of unbranched alkanes of at least 4 members (excludes halogenated alkanes) is 26. The SMILES string of the molecule is CC(=O)C(C(=O)Nc1cc(C(=O)Oc2ccc(C)cc2C)ccc1Cl)n1ncc2cc(C)ccc21.CCCCCCCCCCCCCCCCOC(=O)c1ccc(Cl)c(NC(=O)C(C(C)=O)n2ncc3cc(C)ccc32)c1.CCCCCCCCCCCCCCCCOC(=O)c1ccc(Cl)c(NC(=O)C(C(C)=O)n2ncc3ccc(C)cc32)c1. The van der Waals surface area contributed by atoms with E-state index in [1.165, 1.54) is 219 Å². The van der Waals surface area contributed by atoms with E-state index in [-0.39, 0.29) is 60.4 Å². The monoisotopic (exact) mass is 1710 g/mol. The van der Waals surface area contributed by atoms with Gasteiger partial charge in [-0.2, -0.15) is 15.3 Å². The Hall–Kier alpha value is -10.4. The lowest BCUT2D eigenvalue weighted by molar-refractivity contribution is -0.130. The fraction of sp³-hybridized carbons (Fsp3) is 0.443. The van der Waals surface area contributed by atoms with E-state index in [2.05, 4.69) is 45.1 Å². The summed E-state index contributed by atoms with van der Waals surface area (Å²) < 4.78 is 20.7. The molecule has 0 saturated heterocycles. The van der Waals surface area contributed by atoms with E-state index < -0.39 is 59.5 Å². The first-order valence-corrected chi connectivity index (χ1v) is 44.2. The lowest BCUT2D eigenvalue weighted by atomic mass is 10.0. The van der Waals surface area contributed by atoms with Crippen LogP contribution in [-0.2, 0) is 38.2 Å². The van der Waals surface area contributed by atoms with Crippen LogP contribution in [-0.4, -0.2) is 95.5 Å². The molecule has 3 amide bonds. The van der Waals surface area contributed by atoms with Crippen molar-refractivity contribution in [3.05, 3.63) is 206 Å². The van der Waals surface area contributed by atoms with Gasteiger partial charge in [0, 0.05) is 16.2 Å². The number of nitrogens with one attached hydrogen (secondary N) is 3. The number of ether oxygens (including phenoxy) is 3. The smallest absolute Gasteiger partial charge is 0.343 e. The third kappa shape index (κ3) is 30.0. The number of nitrogens with zero attached hydrogens (tertiary/aromatic N) is 6. The fourth-order valence-electron chi connectivity index (χ4n) is 14.5. The molecule has 646 valence electrons. The van der Waals surface area contributed by atoms with Crippen molar-refractivity contribution in [2.24, 2.45) is 0 Å². The first-order valence-electron chi connectivity index (χ1n) is 43.0. The van der Waals surface area contributed by atoms with E-state index in [1.807, 2.05) is 101 Å². The molecule has 0 aliphatic rings. The van der Waals surface area contributed by atoms with Gasteiger partial charge in [0.05, 0.1) is 97.2 Å². The number of hydrogen-bond acceptors (Lipinski definition) is 15. The van der Waals surface area contributed by atoms with Crippen LogP contribution in [0.2, 0.25) is 15.1 Å². The number of benzene rings is 7. The summed E-state index contributed by atoms with van der Waals surface area (Å²) in [5, 5.41) is 24.2. The van der Waals surface area contributed by atoms with Gasteiger partial charge < -0.3 is 30.2 Å². The maximum atomic E-state index is 13.3. The van der Waals surface area contributed by atoms with Gasteiger partial charge in [0.1, 0.15) is 5.75 Å². The van der Waals surface area contributed by atoms with Gasteiger partial charge >= 0.3 is 17.9 Å². The zero-order valence-electron chi connectivity index (χ0n) is 72.0. The second kappa shape index (κ2) is 50.2. The standard InChI is InChI=1S/2C35H48ClN3O4.C27H24ClN3O4/c1-4-5-6-7-8-9-10-11-12-13-14-15-16-17-22-43-35(42)28-19-20-30(36)31(24-28)38-34(41)33(27(3)40)39-32-21-18-26(2)23-29(32)25-37-39;1-4-5-6-7-8-9-10-11-12-13-14-15-16-17-22-43-35(42)28-20-21-30(36)31(24-28)38-34(41)33(27(3)40)39-32-23-26(2)18-19-29(32)25-37-39;1-15-6-10-24(17(3)11-15)35-27(34)19-7-8-21(28)22(13-19)30-26(33)25(18(4)32)31-23-9-5-16(2)12-20(23)14-29-31/h2*18-21,23-25,33H,4-17,22H2,1-3H3,(H,38,41);5-14,25H,1-4H3,(H,30,33). The molecule has 24 heteroatoms. The summed E-state index contributed by atoms with van der Waals surface area (Å²) in [6, 6.07) is 32.5. The molecule has 10 aromatic rings. The highest BCUT2D eigenvalue weighted by molar-refractivity contribution is 6.35. The summed E-state index contributed by atoms with van der Waals surface area (Å²) in [5.74, 6) is -4.04. The average molecular weight is 1710 g/mol. The number of aryl methyl sites for hydroxylation is 5. The molecular formula is C97H120Cl3N9O12. The number of fused-ring (bicyclic) bond motifs is 3. The number of carbonyl (C=O) groups is 9. The molecule has 0 radical (unpaired) electrons. The number of anilines is 3. The maximum absolute atomic E-state index is 13.3. The van der Waals surface area contributed by atoms with Gasteiger partial charge in [-0.25, -0.2) is 28.4 Å². The molecule has 3 N–H and O–H groups in total. The van der Waals surface area contributed by atoms with E-state index in [0.29, 0.717) is 35.5 Å². The van der Waals surface area contributed by atoms with Crippen LogP contribution < -0.4 is 20.7 Å². The summed E-state index contributed by atoms with van der Waals surface area (Å²) in [5.41, 5.74) is 8.38. The summed E-state index contributed by atoms with van der Waals surface area (Å²) in [4.78, 5) is 115. The van der Waals surface area contributed by atoms with Crippen molar-refractivity contribution in [3.63, 3.8) is 0 Å². The van der Waals surface area contributed by atoms with Gasteiger partial charge in [-0.05, 0) is 170 Å². The Morgan fingerprint density at radius 2 is 0.628 bits per heavy atom. The zero-order valence-corrected chi connectivity index (χ0v) is 74.3. The number of carbonyl (C=O) groups excluding carboxylic acids is 9. The third-order valence-electron chi connectivity index (χ3n) is 21.3. The largest absolute Gasteiger partial charge is 0.462 e. The molecule has 3 atom stereocenters. The predicted octanol–water partition coefficient (Wildman–Crippen LogP) is 24.4. The molecule has 21 nitrogen and oxygen atoms in total. The molecule has 3 aromatic heterocycles. The molecule has 121 heavy (non-hydrogen) atoms. The van der Waals surface area contributed by atoms with Crippen LogP contribution in [0.4, 0.5) is 17.1 Å². The van der Waals surface area contributed by atoms with E-state index in [9.17, 15) is 43.2 Å². The Labute approximate surface area is 727 Å². The van der Waals surface area contributed by atoms with Crippen LogP contribution in [0, 0.1) is 34.6 Å². The molecule has 0 spiro atoms. The van der Waals surface area contributed by atoms with Gasteiger partial charge in [0.15, 0.2) is 35.5 Å². The van der Waals surface area contributed by atoms with E-state index in [0.717, 1.165) is 82.5 Å². The van der Waals surface area contributed by atoms with Crippen molar-refractivity contribution < 1.29 is 57.4 Å². The minimum absolute atomic E-state index is 0.185. The van der Waals surface area contributed by atoms with Crippen LogP contribution >= 0.6 is 34.8 Å². The minimum atomic E-state index is -1.21. The molecule has 0 bridgehead atoms. The Balaban J connectivity index is 0.000000227. The number of esters is 3. The molecule has 0 aliphatic heterocycles. The number of aromatic nitrogens is 6. The van der Waals surface area contributed by atoms with E-state index in [1.54, 1.807) is 36.8 Å².